The Morgan fingerprint density at radius 2 is 2.17 bits per heavy atom. The Morgan fingerprint density at radius 1 is 1.36 bits per heavy atom. The SMILES string of the molecule is C=C1C=NC=CN1/C(=C\CCC)CN1CCc2c(C(=O)Nc3cccc(C(F)(F)F)c3)csc2C1C. The number of benzene rings is 1. The van der Waals surface area contributed by atoms with Crippen molar-refractivity contribution < 1.29 is 18.0 Å². The standard InChI is InChI=1S/C27H29F3N4OS/c1-4-5-9-22(34-13-11-31-15-18(34)2)16-33-12-10-23-24(17-36-25(23)19(33)3)26(35)32-21-8-6-7-20(14-21)27(28,29)30/h6-9,11,13-15,17,19H,2,4-5,10,12,16H2,1,3H3,(H,32,35)/b22-9-. The highest BCUT2D eigenvalue weighted by molar-refractivity contribution is 7.10. The fraction of sp³-hybridized carbons (Fsp3) is 0.333. The zero-order valence-electron chi connectivity index (χ0n) is 20.3. The number of thiophene rings is 1. The Morgan fingerprint density at radius 3 is 2.89 bits per heavy atom. The van der Waals surface area contributed by atoms with Gasteiger partial charge in [-0.2, -0.15) is 13.2 Å². The van der Waals surface area contributed by atoms with E-state index in [2.05, 4.69) is 46.6 Å². The highest BCUT2D eigenvalue weighted by atomic mass is 32.1. The van der Waals surface area contributed by atoms with Gasteiger partial charge in [0.1, 0.15) is 0 Å². The molecule has 0 fully saturated rings. The van der Waals surface area contributed by atoms with Crippen LogP contribution < -0.4 is 5.32 Å². The molecule has 0 spiro atoms. The first-order valence-electron chi connectivity index (χ1n) is 11.9. The van der Waals surface area contributed by atoms with Gasteiger partial charge >= 0.3 is 6.18 Å². The Balaban J connectivity index is 1.50. The van der Waals surface area contributed by atoms with E-state index in [0.717, 1.165) is 59.9 Å². The summed E-state index contributed by atoms with van der Waals surface area (Å²) in [6.07, 6.45) is 5.87. The maximum Gasteiger partial charge on any atom is 0.416 e. The third-order valence-electron chi connectivity index (χ3n) is 6.37. The van der Waals surface area contributed by atoms with E-state index < -0.39 is 11.7 Å². The minimum absolute atomic E-state index is 0.0922. The van der Waals surface area contributed by atoms with E-state index in [9.17, 15) is 18.0 Å². The summed E-state index contributed by atoms with van der Waals surface area (Å²) in [5.41, 5.74) is 2.80. The molecule has 1 unspecified atom stereocenters. The molecule has 2 aromatic rings. The second-order valence-corrected chi connectivity index (χ2v) is 9.75. The first kappa shape index (κ1) is 25.9. The van der Waals surface area contributed by atoms with Gasteiger partial charge in [0.25, 0.3) is 5.91 Å². The van der Waals surface area contributed by atoms with Crippen molar-refractivity contribution >= 4 is 29.1 Å². The second kappa shape index (κ2) is 10.8. The molecule has 1 N–H and O–H groups in total. The lowest BCUT2D eigenvalue weighted by Gasteiger charge is -2.36. The number of fused-ring (bicyclic) bond motifs is 1. The summed E-state index contributed by atoms with van der Waals surface area (Å²) < 4.78 is 39.1. The molecular formula is C27H29F3N4OS. The summed E-state index contributed by atoms with van der Waals surface area (Å²) in [6, 6.07) is 4.80. The van der Waals surface area contributed by atoms with E-state index in [1.54, 1.807) is 12.4 Å². The molecule has 190 valence electrons. The van der Waals surface area contributed by atoms with Crippen molar-refractivity contribution in [2.75, 3.05) is 18.4 Å². The van der Waals surface area contributed by atoms with Crippen LogP contribution in [0, 0.1) is 0 Å². The predicted molar refractivity (Wildman–Crippen MR) is 139 cm³/mol. The highest BCUT2D eigenvalue weighted by Crippen LogP contribution is 2.38. The third kappa shape index (κ3) is 5.63. The quantitative estimate of drug-likeness (QED) is 0.433. The summed E-state index contributed by atoms with van der Waals surface area (Å²) in [5, 5.41) is 4.46. The number of aliphatic imine (C=N–C) groups is 1. The van der Waals surface area contributed by atoms with Gasteiger partial charge in [0.05, 0.1) is 23.0 Å². The van der Waals surface area contributed by atoms with Gasteiger partial charge in [-0.3, -0.25) is 14.7 Å². The first-order chi connectivity index (χ1) is 17.2. The maximum atomic E-state index is 13.0. The van der Waals surface area contributed by atoms with E-state index in [1.807, 2.05) is 11.6 Å². The van der Waals surface area contributed by atoms with Crippen LogP contribution in [0.15, 0.2) is 71.1 Å². The number of amides is 1. The van der Waals surface area contributed by atoms with Crippen LogP contribution in [0.5, 0.6) is 0 Å². The van der Waals surface area contributed by atoms with Crippen LogP contribution in [0.25, 0.3) is 0 Å². The normalized spacial score (nSPS) is 18.5. The number of hydrogen-bond donors (Lipinski definition) is 1. The number of nitrogens with one attached hydrogen (secondary N) is 1. The Labute approximate surface area is 213 Å². The molecule has 9 heteroatoms. The Hall–Kier alpha value is -3.17. The average molecular weight is 515 g/mol. The number of unbranched alkanes of at least 4 members (excludes halogenated alkanes) is 1. The van der Waals surface area contributed by atoms with Gasteiger partial charge in [0.15, 0.2) is 0 Å². The average Bonchev–Trinajstić information content (AvgIpc) is 3.28. The summed E-state index contributed by atoms with van der Waals surface area (Å²) in [4.78, 5) is 22.7. The van der Waals surface area contributed by atoms with E-state index in [-0.39, 0.29) is 17.6 Å². The van der Waals surface area contributed by atoms with Crippen LogP contribution in [0.2, 0.25) is 0 Å². The van der Waals surface area contributed by atoms with Crippen LogP contribution in [-0.2, 0) is 12.6 Å². The van der Waals surface area contributed by atoms with Crippen molar-refractivity contribution in [3.63, 3.8) is 0 Å². The molecule has 1 aromatic carbocycles. The fourth-order valence-corrected chi connectivity index (χ4v) is 5.62. The summed E-state index contributed by atoms with van der Waals surface area (Å²) in [6.45, 7) is 9.86. The Bertz CT molecular complexity index is 1230. The number of hydrogen-bond acceptors (Lipinski definition) is 5. The number of carbonyl (C=O) groups is 1. The van der Waals surface area contributed by atoms with Gasteiger partial charge in [-0.25, -0.2) is 0 Å². The van der Waals surface area contributed by atoms with Crippen LogP contribution >= 0.6 is 11.3 Å². The van der Waals surface area contributed by atoms with Gasteiger partial charge in [-0.1, -0.05) is 32.1 Å². The first-order valence-corrected chi connectivity index (χ1v) is 12.8. The minimum Gasteiger partial charge on any atom is -0.322 e. The largest absolute Gasteiger partial charge is 0.416 e. The molecule has 1 amide bonds. The third-order valence-corrected chi connectivity index (χ3v) is 7.57. The van der Waals surface area contributed by atoms with Crippen molar-refractivity contribution in [2.45, 2.75) is 45.3 Å². The highest BCUT2D eigenvalue weighted by Gasteiger charge is 2.32. The van der Waals surface area contributed by atoms with Crippen LogP contribution in [0.3, 0.4) is 0 Å². The molecule has 2 aliphatic heterocycles. The molecule has 0 bridgehead atoms. The summed E-state index contributed by atoms with van der Waals surface area (Å²) in [5.74, 6) is -0.384. The van der Waals surface area contributed by atoms with Crippen molar-refractivity contribution in [1.82, 2.24) is 9.80 Å². The topological polar surface area (TPSA) is 47.9 Å². The van der Waals surface area contributed by atoms with E-state index >= 15 is 0 Å². The van der Waals surface area contributed by atoms with Crippen molar-refractivity contribution in [2.24, 2.45) is 4.99 Å². The van der Waals surface area contributed by atoms with E-state index in [0.29, 0.717) is 12.0 Å². The van der Waals surface area contributed by atoms with E-state index in [4.69, 9.17) is 0 Å². The minimum atomic E-state index is -4.46. The molecule has 1 atom stereocenters. The lowest BCUT2D eigenvalue weighted by Crippen LogP contribution is -2.38. The molecule has 3 heterocycles. The van der Waals surface area contributed by atoms with E-state index in [1.165, 1.54) is 23.5 Å². The number of halogens is 3. The number of rotatable bonds is 7. The molecule has 4 rings (SSSR count). The van der Waals surface area contributed by atoms with Crippen molar-refractivity contribution in [3.8, 4) is 0 Å². The Kier molecular flexibility index (Phi) is 7.80. The van der Waals surface area contributed by atoms with Gasteiger partial charge in [0, 0.05) is 53.2 Å². The predicted octanol–water partition coefficient (Wildman–Crippen LogP) is 6.99. The lowest BCUT2D eigenvalue weighted by molar-refractivity contribution is -0.137. The maximum absolute atomic E-state index is 13.0. The molecule has 0 saturated carbocycles. The molecular weight excluding hydrogens is 485 g/mol. The van der Waals surface area contributed by atoms with Gasteiger partial charge < -0.3 is 10.2 Å². The molecule has 0 saturated heterocycles. The van der Waals surface area contributed by atoms with Gasteiger partial charge in [-0.05, 0) is 43.5 Å². The number of anilines is 1. The number of allylic oxidation sites excluding steroid dienone is 2. The fourth-order valence-electron chi connectivity index (χ4n) is 4.43. The van der Waals surface area contributed by atoms with Crippen molar-refractivity contribution in [3.05, 3.63) is 87.7 Å². The molecule has 1 aromatic heterocycles. The molecule has 2 aliphatic rings. The van der Waals surface area contributed by atoms with Crippen LogP contribution in [0.1, 0.15) is 59.1 Å². The van der Waals surface area contributed by atoms with Crippen LogP contribution in [0.4, 0.5) is 18.9 Å². The molecule has 5 nitrogen and oxygen atoms in total. The molecule has 0 aliphatic carbocycles. The molecule has 0 radical (unpaired) electrons. The number of alkyl halides is 3. The number of nitrogens with zero attached hydrogens (tertiary/aromatic N) is 3. The number of carbonyl (C=O) groups excluding carboxylic acids is 1. The van der Waals surface area contributed by atoms with Crippen molar-refractivity contribution in [1.29, 1.82) is 0 Å². The van der Waals surface area contributed by atoms with Gasteiger partial charge in [-0.15, -0.1) is 11.3 Å². The van der Waals surface area contributed by atoms with Crippen LogP contribution in [-0.4, -0.2) is 35.0 Å². The zero-order valence-corrected chi connectivity index (χ0v) is 21.1. The zero-order chi connectivity index (χ0) is 25.9. The second-order valence-electron chi connectivity index (χ2n) is 8.84. The smallest absolute Gasteiger partial charge is 0.322 e. The van der Waals surface area contributed by atoms with Gasteiger partial charge in [0.2, 0.25) is 0 Å². The summed E-state index contributed by atoms with van der Waals surface area (Å²) in [7, 11) is 0. The monoisotopic (exact) mass is 514 g/mol. The lowest BCUT2D eigenvalue weighted by atomic mass is 9.98. The molecule has 36 heavy (non-hydrogen) atoms. The summed E-state index contributed by atoms with van der Waals surface area (Å²) >= 11 is 1.52.